The first kappa shape index (κ1) is 15.8. The van der Waals surface area contributed by atoms with Crippen molar-refractivity contribution in [3.05, 3.63) is 23.8 Å². The molecule has 1 aromatic rings. The fourth-order valence-electron chi connectivity index (χ4n) is 1.77. The predicted molar refractivity (Wildman–Crippen MR) is 78.9 cm³/mol. The molecule has 0 fully saturated rings. The molecule has 0 aliphatic rings. The van der Waals surface area contributed by atoms with E-state index in [1.165, 1.54) is 5.56 Å². The Bertz CT molecular complexity index is 380. The highest BCUT2D eigenvalue weighted by Gasteiger charge is 2.07. The van der Waals surface area contributed by atoms with Gasteiger partial charge in [0.25, 0.3) is 0 Å². The molecule has 1 atom stereocenters. The van der Waals surface area contributed by atoms with Crippen molar-refractivity contribution in [2.45, 2.75) is 26.3 Å². The van der Waals surface area contributed by atoms with E-state index in [4.69, 9.17) is 15.2 Å². The molecule has 0 bridgehead atoms. The van der Waals surface area contributed by atoms with Crippen molar-refractivity contribution in [1.82, 2.24) is 5.32 Å². The fraction of sp³-hybridized carbons (Fsp3) is 0.600. The van der Waals surface area contributed by atoms with Crippen molar-refractivity contribution in [2.75, 3.05) is 27.3 Å². The van der Waals surface area contributed by atoms with Crippen molar-refractivity contribution in [1.29, 1.82) is 0 Å². The molecule has 0 radical (unpaired) electrons. The Balaban J connectivity index is 2.41. The van der Waals surface area contributed by atoms with Crippen LogP contribution in [-0.4, -0.2) is 33.4 Å². The molecule has 0 saturated carbocycles. The van der Waals surface area contributed by atoms with E-state index >= 15 is 0 Å². The largest absolute Gasteiger partial charge is 0.493 e. The molecule has 0 aliphatic carbocycles. The molecular weight excluding hydrogens is 240 g/mol. The van der Waals surface area contributed by atoms with E-state index in [2.05, 4.69) is 25.2 Å². The number of ether oxygens (including phenoxy) is 2. The van der Waals surface area contributed by atoms with E-state index < -0.39 is 0 Å². The number of benzene rings is 1. The monoisotopic (exact) mass is 266 g/mol. The van der Waals surface area contributed by atoms with Gasteiger partial charge in [0, 0.05) is 12.6 Å². The topological polar surface area (TPSA) is 56.5 Å². The number of rotatable bonds is 8. The zero-order chi connectivity index (χ0) is 14.3. The van der Waals surface area contributed by atoms with Gasteiger partial charge in [-0.05, 0) is 36.6 Å². The molecule has 1 aromatic carbocycles. The average molecular weight is 266 g/mol. The van der Waals surface area contributed by atoms with E-state index in [-0.39, 0.29) is 6.04 Å². The summed E-state index contributed by atoms with van der Waals surface area (Å²) in [5.74, 6) is 2.05. The van der Waals surface area contributed by atoms with Gasteiger partial charge in [0.2, 0.25) is 0 Å². The van der Waals surface area contributed by atoms with Crippen LogP contribution < -0.4 is 20.5 Å². The third-order valence-corrected chi connectivity index (χ3v) is 3.27. The van der Waals surface area contributed by atoms with Gasteiger partial charge < -0.3 is 20.5 Å². The normalized spacial score (nSPS) is 12.5. The highest BCUT2D eigenvalue weighted by molar-refractivity contribution is 5.42. The predicted octanol–water partition coefficient (Wildman–Crippen LogP) is 1.82. The summed E-state index contributed by atoms with van der Waals surface area (Å²) < 4.78 is 10.5. The minimum absolute atomic E-state index is 0.213. The minimum Gasteiger partial charge on any atom is -0.493 e. The summed E-state index contributed by atoms with van der Waals surface area (Å²) in [5, 5.41) is 3.38. The third-order valence-electron chi connectivity index (χ3n) is 3.27. The molecule has 3 N–H and O–H groups in total. The second kappa shape index (κ2) is 8.02. The number of hydrogen-bond donors (Lipinski definition) is 2. The molecule has 0 aromatic heterocycles. The lowest BCUT2D eigenvalue weighted by atomic mass is 10.1. The van der Waals surface area contributed by atoms with Crippen LogP contribution in [-0.2, 0) is 6.42 Å². The lowest BCUT2D eigenvalue weighted by molar-refractivity contribution is 0.354. The van der Waals surface area contributed by atoms with Crippen LogP contribution in [0.1, 0.15) is 19.4 Å². The number of methoxy groups -OCH3 is 2. The Labute approximate surface area is 116 Å². The van der Waals surface area contributed by atoms with Gasteiger partial charge in [-0.15, -0.1) is 0 Å². The SMILES string of the molecule is COc1ccc(CCNCC(N)C(C)C)cc1OC. The summed E-state index contributed by atoms with van der Waals surface area (Å²) in [6, 6.07) is 6.23. The quantitative estimate of drug-likeness (QED) is 0.705. The van der Waals surface area contributed by atoms with Crippen molar-refractivity contribution in [3.63, 3.8) is 0 Å². The van der Waals surface area contributed by atoms with E-state index in [1.54, 1.807) is 14.2 Å². The van der Waals surface area contributed by atoms with Crippen LogP contribution in [0.4, 0.5) is 0 Å². The summed E-state index contributed by atoms with van der Waals surface area (Å²) in [4.78, 5) is 0. The Hall–Kier alpha value is -1.26. The van der Waals surface area contributed by atoms with Crippen LogP contribution in [0, 0.1) is 5.92 Å². The van der Waals surface area contributed by atoms with Crippen LogP contribution in [0.2, 0.25) is 0 Å². The van der Waals surface area contributed by atoms with Gasteiger partial charge in [-0.25, -0.2) is 0 Å². The number of nitrogens with two attached hydrogens (primary N) is 1. The molecule has 4 heteroatoms. The summed E-state index contributed by atoms with van der Waals surface area (Å²) >= 11 is 0. The lowest BCUT2D eigenvalue weighted by Crippen LogP contribution is -2.38. The van der Waals surface area contributed by atoms with Crippen molar-refractivity contribution >= 4 is 0 Å². The Morgan fingerprint density at radius 3 is 2.42 bits per heavy atom. The van der Waals surface area contributed by atoms with Gasteiger partial charge in [0.15, 0.2) is 11.5 Å². The fourth-order valence-corrected chi connectivity index (χ4v) is 1.77. The van der Waals surface area contributed by atoms with Crippen molar-refractivity contribution in [3.8, 4) is 11.5 Å². The van der Waals surface area contributed by atoms with Gasteiger partial charge >= 0.3 is 0 Å². The molecule has 0 saturated heterocycles. The zero-order valence-corrected chi connectivity index (χ0v) is 12.4. The van der Waals surface area contributed by atoms with Crippen LogP contribution in [0.15, 0.2) is 18.2 Å². The molecule has 19 heavy (non-hydrogen) atoms. The highest BCUT2D eigenvalue weighted by atomic mass is 16.5. The highest BCUT2D eigenvalue weighted by Crippen LogP contribution is 2.27. The molecule has 0 spiro atoms. The zero-order valence-electron chi connectivity index (χ0n) is 12.4. The van der Waals surface area contributed by atoms with Crippen LogP contribution in [0.3, 0.4) is 0 Å². The maximum Gasteiger partial charge on any atom is 0.160 e. The molecular formula is C15H26N2O2. The van der Waals surface area contributed by atoms with Gasteiger partial charge in [-0.1, -0.05) is 19.9 Å². The first-order valence-corrected chi connectivity index (χ1v) is 6.75. The molecule has 4 nitrogen and oxygen atoms in total. The molecule has 0 amide bonds. The van der Waals surface area contributed by atoms with Crippen molar-refractivity contribution < 1.29 is 9.47 Å². The van der Waals surface area contributed by atoms with Gasteiger partial charge in [0.05, 0.1) is 14.2 Å². The summed E-state index contributed by atoms with van der Waals surface area (Å²) in [7, 11) is 3.30. The lowest BCUT2D eigenvalue weighted by Gasteiger charge is -2.16. The maximum absolute atomic E-state index is 5.98. The van der Waals surface area contributed by atoms with E-state index in [0.29, 0.717) is 5.92 Å². The second-order valence-corrected chi connectivity index (χ2v) is 5.05. The first-order valence-electron chi connectivity index (χ1n) is 6.75. The Kier molecular flexibility index (Phi) is 6.67. The molecule has 0 aliphatic heterocycles. The molecule has 108 valence electrons. The summed E-state index contributed by atoms with van der Waals surface area (Å²) in [6.45, 7) is 6.04. The standard InChI is InChI=1S/C15H26N2O2/c1-11(2)13(16)10-17-8-7-12-5-6-14(18-3)15(9-12)19-4/h5-6,9,11,13,17H,7-8,10,16H2,1-4H3. The van der Waals surface area contributed by atoms with E-state index in [0.717, 1.165) is 31.0 Å². The third kappa shape index (κ3) is 5.09. The first-order chi connectivity index (χ1) is 9.08. The average Bonchev–Trinajstić information content (AvgIpc) is 2.42. The minimum atomic E-state index is 0.213. The number of nitrogens with one attached hydrogen (secondary N) is 1. The summed E-state index contributed by atoms with van der Waals surface area (Å²) in [5.41, 5.74) is 7.21. The Morgan fingerprint density at radius 2 is 1.84 bits per heavy atom. The summed E-state index contributed by atoms with van der Waals surface area (Å²) in [6.07, 6.45) is 0.950. The van der Waals surface area contributed by atoms with E-state index in [9.17, 15) is 0 Å². The number of hydrogen-bond acceptors (Lipinski definition) is 4. The van der Waals surface area contributed by atoms with Crippen LogP contribution in [0.5, 0.6) is 11.5 Å². The molecule has 1 rings (SSSR count). The Morgan fingerprint density at radius 1 is 1.16 bits per heavy atom. The van der Waals surface area contributed by atoms with E-state index in [1.807, 2.05) is 12.1 Å². The maximum atomic E-state index is 5.98. The van der Waals surface area contributed by atoms with Gasteiger partial charge in [-0.2, -0.15) is 0 Å². The van der Waals surface area contributed by atoms with Crippen LogP contribution in [0.25, 0.3) is 0 Å². The van der Waals surface area contributed by atoms with Gasteiger partial charge in [-0.3, -0.25) is 0 Å². The van der Waals surface area contributed by atoms with Gasteiger partial charge in [0.1, 0.15) is 0 Å². The van der Waals surface area contributed by atoms with Crippen LogP contribution >= 0.6 is 0 Å². The molecule has 1 unspecified atom stereocenters. The smallest absolute Gasteiger partial charge is 0.160 e. The molecule has 0 heterocycles. The van der Waals surface area contributed by atoms with Crippen molar-refractivity contribution in [2.24, 2.45) is 11.7 Å². The second-order valence-electron chi connectivity index (χ2n) is 5.05.